The summed E-state index contributed by atoms with van der Waals surface area (Å²) in [4.78, 5) is 11.7. The van der Waals surface area contributed by atoms with Gasteiger partial charge in [0, 0.05) is 49.2 Å². The van der Waals surface area contributed by atoms with Gasteiger partial charge in [-0.25, -0.2) is 9.67 Å². The molecule has 3 aliphatic rings. The first-order valence-corrected chi connectivity index (χ1v) is 9.10. The van der Waals surface area contributed by atoms with Gasteiger partial charge in [-0.1, -0.05) is 12.8 Å². The van der Waals surface area contributed by atoms with Crippen LogP contribution in [-0.2, 0) is 0 Å². The van der Waals surface area contributed by atoms with E-state index in [1.165, 1.54) is 37.1 Å². The average molecular weight is 326 g/mol. The van der Waals surface area contributed by atoms with Gasteiger partial charge in [-0.05, 0) is 32.8 Å². The number of hydrogen-bond donors (Lipinski definition) is 1. The molecule has 2 atom stereocenters. The minimum atomic E-state index is 0.259. The highest BCUT2D eigenvalue weighted by molar-refractivity contribution is 6.00. The first kappa shape index (κ1) is 15.4. The van der Waals surface area contributed by atoms with Crippen LogP contribution in [0.1, 0.15) is 46.0 Å². The molecular weight excluding hydrogens is 300 g/mol. The molecule has 1 fully saturated rings. The largest absolute Gasteiger partial charge is 0.352 e. The number of aliphatic imine (C=N–C) groups is 2. The third-order valence-electron chi connectivity index (χ3n) is 5.38. The summed E-state index contributed by atoms with van der Waals surface area (Å²) in [5.41, 5.74) is 2.42. The fourth-order valence-electron chi connectivity index (χ4n) is 4.17. The van der Waals surface area contributed by atoms with Crippen molar-refractivity contribution in [2.75, 3.05) is 6.54 Å². The van der Waals surface area contributed by atoms with Gasteiger partial charge in [-0.15, -0.1) is 0 Å². The molecule has 6 heteroatoms. The minimum Gasteiger partial charge on any atom is -0.352 e. The Kier molecular flexibility index (Phi) is 4.12. The minimum absolute atomic E-state index is 0.259. The third-order valence-corrected chi connectivity index (χ3v) is 5.38. The second kappa shape index (κ2) is 6.42. The summed E-state index contributed by atoms with van der Waals surface area (Å²) in [6, 6.07) is 2.59. The Labute approximate surface area is 143 Å². The highest BCUT2D eigenvalue weighted by Crippen LogP contribution is 2.35. The molecule has 0 amide bonds. The SMILES string of the molecule is CCN=C1N=C(C)C2CC(n3cccn3)=CN(C3CCCC3)C2N1. The molecule has 1 saturated carbocycles. The normalized spacial score (nSPS) is 29.2. The number of nitrogens with one attached hydrogen (secondary N) is 1. The third kappa shape index (κ3) is 2.74. The van der Waals surface area contributed by atoms with E-state index in [1.54, 1.807) is 0 Å². The lowest BCUT2D eigenvalue weighted by Gasteiger charge is -2.46. The van der Waals surface area contributed by atoms with Crippen LogP contribution in [-0.4, -0.2) is 45.1 Å². The number of hydrogen-bond acceptors (Lipinski definition) is 3. The van der Waals surface area contributed by atoms with Crippen LogP contribution < -0.4 is 5.32 Å². The molecule has 1 aliphatic carbocycles. The molecule has 4 rings (SSSR count). The molecule has 0 aromatic carbocycles. The zero-order chi connectivity index (χ0) is 16.5. The fraction of sp³-hybridized carbons (Fsp3) is 0.611. The van der Waals surface area contributed by atoms with Crippen molar-refractivity contribution in [1.82, 2.24) is 20.0 Å². The Morgan fingerprint density at radius 3 is 2.88 bits per heavy atom. The van der Waals surface area contributed by atoms with E-state index in [0.717, 1.165) is 18.9 Å². The number of nitrogens with zero attached hydrogens (tertiary/aromatic N) is 5. The van der Waals surface area contributed by atoms with Crippen molar-refractivity contribution in [2.45, 2.75) is 58.2 Å². The molecule has 0 saturated heterocycles. The van der Waals surface area contributed by atoms with Gasteiger partial charge in [0.1, 0.15) is 6.17 Å². The molecule has 128 valence electrons. The highest BCUT2D eigenvalue weighted by Gasteiger charge is 2.40. The summed E-state index contributed by atoms with van der Waals surface area (Å²) in [5.74, 6) is 1.15. The smallest absolute Gasteiger partial charge is 0.219 e. The van der Waals surface area contributed by atoms with E-state index >= 15 is 0 Å². The Hall–Kier alpha value is -2.11. The van der Waals surface area contributed by atoms with E-state index in [9.17, 15) is 0 Å². The van der Waals surface area contributed by atoms with Gasteiger partial charge in [0.2, 0.25) is 5.96 Å². The molecule has 0 spiro atoms. The van der Waals surface area contributed by atoms with Crippen molar-refractivity contribution in [3.63, 3.8) is 0 Å². The molecule has 24 heavy (non-hydrogen) atoms. The predicted octanol–water partition coefficient (Wildman–Crippen LogP) is 2.71. The maximum absolute atomic E-state index is 4.71. The molecule has 0 bridgehead atoms. The molecule has 2 aliphatic heterocycles. The van der Waals surface area contributed by atoms with E-state index in [0.29, 0.717) is 12.0 Å². The lowest BCUT2D eigenvalue weighted by atomic mass is 9.89. The molecule has 3 heterocycles. The molecule has 1 aromatic heterocycles. The zero-order valence-electron chi connectivity index (χ0n) is 14.5. The Morgan fingerprint density at radius 2 is 2.17 bits per heavy atom. The predicted molar refractivity (Wildman–Crippen MR) is 96.7 cm³/mol. The maximum Gasteiger partial charge on any atom is 0.219 e. The second-order valence-electron chi connectivity index (χ2n) is 6.91. The molecule has 2 unspecified atom stereocenters. The summed E-state index contributed by atoms with van der Waals surface area (Å²) < 4.78 is 2.00. The van der Waals surface area contributed by atoms with Gasteiger partial charge in [0.15, 0.2) is 0 Å². The molecule has 1 aromatic rings. The molecular formula is C18H26N6. The van der Waals surface area contributed by atoms with Gasteiger partial charge in [0.05, 0.1) is 5.70 Å². The Balaban J connectivity index is 1.71. The van der Waals surface area contributed by atoms with E-state index in [1.807, 2.05) is 23.1 Å². The Bertz CT molecular complexity index is 666. The van der Waals surface area contributed by atoms with Crippen molar-refractivity contribution in [3.05, 3.63) is 24.7 Å². The first-order valence-electron chi connectivity index (χ1n) is 9.10. The summed E-state index contributed by atoms with van der Waals surface area (Å²) in [5, 5.41) is 8.04. The number of guanidine groups is 1. The van der Waals surface area contributed by atoms with Gasteiger partial charge < -0.3 is 10.2 Å². The van der Waals surface area contributed by atoms with E-state index in [4.69, 9.17) is 4.99 Å². The van der Waals surface area contributed by atoms with Crippen molar-refractivity contribution in [3.8, 4) is 0 Å². The van der Waals surface area contributed by atoms with Crippen LogP contribution in [0.25, 0.3) is 5.70 Å². The van der Waals surface area contributed by atoms with Gasteiger partial charge in [0.25, 0.3) is 0 Å². The van der Waals surface area contributed by atoms with E-state index < -0.39 is 0 Å². The van der Waals surface area contributed by atoms with Crippen LogP contribution in [0.5, 0.6) is 0 Å². The van der Waals surface area contributed by atoms with Crippen molar-refractivity contribution in [1.29, 1.82) is 0 Å². The first-order chi connectivity index (χ1) is 11.8. The maximum atomic E-state index is 4.71. The number of rotatable bonds is 3. The summed E-state index contributed by atoms with van der Waals surface area (Å²) in [6.07, 6.45) is 12.6. The van der Waals surface area contributed by atoms with E-state index in [-0.39, 0.29) is 6.17 Å². The average Bonchev–Trinajstić information content (AvgIpc) is 3.28. The molecule has 0 radical (unpaired) electrons. The van der Waals surface area contributed by atoms with Crippen molar-refractivity contribution < 1.29 is 0 Å². The Morgan fingerprint density at radius 1 is 1.33 bits per heavy atom. The second-order valence-corrected chi connectivity index (χ2v) is 6.91. The van der Waals surface area contributed by atoms with Crippen LogP contribution in [0.3, 0.4) is 0 Å². The quantitative estimate of drug-likeness (QED) is 0.929. The van der Waals surface area contributed by atoms with Crippen LogP contribution in [0.15, 0.2) is 34.6 Å². The van der Waals surface area contributed by atoms with Gasteiger partial charge in [-0.3, -0.25) is 4.99 Å². The summed E-state index contributed by atoms with van der Waals surface area (Å²) in [6.45, 7) is 4.95. The standard InChI is InChI=1S/C18H26N6/c1-3-19-18-21-13(2)16-11-15(24-10-6-9-20-24)12-23(17(16)22-18)14-7-4-5-8-14/h6,9-10,12,14,16-17H,3-5,7-8,11H2,1-2H3,(H,19,22). The van der Waals surface area contributed by atoms with Crippen LogP contribution in [0, 0.1) is 5.92 Å². The number of allylic oxidation sites excluding steroid dienone is 1. The summed E-state index contributed by atoms with van der Waals surface area (Å²) >= 11 is 0. The van der Waals surface area contributed by atoms with Crippen LogP contribution in [0.2, 0.25) is 0 Å². The highest BCUT2D eigenvalue weighted by atomic mass is 15.4. The van der Waals surface area contributed by atoms with E-state index in [2.05, 4.69) is 40.4 Å². The van der Waals surface area contributed by atoms with Crippen molar-refractivity contribution in [2.24, 2.45) is 15.9 Å². The zero-order valence-corrected chi connectivity index (χ0v) is 14.5. The number of aromatic nitrogens is 2. The fourth-order valence-corrected chi connectivity index (χ4v) is 4.17. The van der Waals surface area contributed by atoms with Crippen LogP contribution in [0.4, 0.5) is 0 Å². The lowest BCUT2D eigenvalue weighted by Crippen LogP contribution is -2.59. The molecule has 1 N–H and O–H groups in total. The van der Waals surface area contributed by atoms with Gasteiger partial charge in [-0.2, -0.15) is 5.10 Å². The van der Waals surface area contributed by atoms with Gasteiger partial charge >= 0.3 is 0 Å². The van der Waals surface area contributed by atoms with Crippen LogP contribution >= 0.6 is 0 Å². The van der Waals surface area contributed by atoms with Crippen molar-refractivity contribution >= 4 is 17.4 Å². The molecule has 6 nitrogen and oxygen atoms in total. The number of fused-ring (bicyclic) bond motifs is 1. The summed E-state index contributed by atoms with van der Waals surface area (Å²) in [7, 11) is 0. The monoisotopic (exact) mass is 326 g/mol. The topological polar surface area (TPSA) is 57.8 Å². The lowest BCUT2D eigenvalue weighted by molar-refractivity contribution is 0.148.